The Morgan fingerprint density at radius 3 is 2.85 bits per heavy atom. The Balaban J connectivity index is 1.53. The Morgan fingerprint density at radius 2 is 2.04 bits per heavy atom. The molecule has 1 aromatic carbocycles. The Labute approximate surface area is 169 Å². The molecule has 2 N–H and O–H groups in total. The summed E-state index contributed by atoms with van der Waals surface area (Å²) < 4.78 is 2.27. The average molecular weight is 478 g/mol. The van der Waals surface area contributed by atoms with E-state index < -0.39 is 6.10 Å². The molecule has 2 unspecified atom stereocenters. The van der Waals surface area contributed by atoms with Gasteiger partial charge in [-0.05, 0) is 46.8 Å². The number of aliphatic hydroxyl groups excluding tert-OH is 1. The van der Waals surface area contributed by atoms with E-state index in [4.69, 9.17) is 0 Å². The van der Waals surface area contributed by atoms with Crippen molar-refractivity contribution in [2.45, 2.75) is 18.4 Å². The topological polar surface area (TPSA) is 61.3 Å². The van der Waals surface area contributed by atoms with Crippen LogP contribution >= 0.6 is 31.9 Å². The fourth-order valence-corrected chi connectivity index (χ4v) is 4.31. The maximum absolute atomic E-state index is 10.6. The van der Waals surface area contributed by atoms with Crippen LogP contribution in [0.4, 0.5) is 11.6 Å². The Hall–Kier alpha value is -1.70. The summed E-state index contributed by atoms with van der Waals surface area (Å²) in [5.74, 6) is 0.846. The predicted molar refractivity (Wildman–Crippen MR) is 110 cm³/mol. The number of halogens is 2. The summed E-state index contributed by atoms with van der Waals surface area (Å²) in [4.78, 5) is 10.5. The van der Waals surface area contributed by atoms with Crippen molar-refractivity contribution in [3.63, 3.8) is 0 Å². The fourth-order valence-electron chi connectivity index (χ4n) is 3.47. The van der Waals surface area contributed by atoms with Gasteiger partial charge in [0, 0.05) is 40.7 Å². The number of benzene rings is 1. The zero-order chi connectivity index (χ0) is 18.1. The first-order chi connectivity index (χ1) is 12.6. The minimum atomic E-state index is -0.552. The molecule has 1 aliphatic heterocycles. The van der Waals surface area contributed by atoms with Gasteiger partial charge in [-0.2, -0.15) is 0 Å². The second kappa shape index (κ2) is 7.50. The molecule has 0 saturated carbocycles. The Bertz CT molecular complexity index is 869. The van der Waals surface area contributed by atoms with E-state index in [1.54, 1.807) is 18.5 Å². The van der Waals surface area contributed by atoms with Crippen LogP contribution < -0.4 is 10.2 Å². The third-order valence-corrected chi connectivity index (χ3v) is 5.69. The summed E-state index contributed by atoms with van der Waals surface area (Å²) in [5, 5.41) is 13.7. The molecule has 2 aromatic rings. The molecule has 0 spiro atoms. The highest BCUT2D eigenvalue weighted by Crippen LogP contribution is 2.49. The lowest BCUT2D eigenvalue weighted by Crippen LogP contribution is -2.35. The van der Waals surface area contributed by atoms with E-state index in [1.807, 2.05) is 0 Å². The van der Waals surface area contributed by atoms with Crippen LogP contribution in [-0.4, -0.2) is 34.3 Å². The van der Waals surface area contributed by atoms with Crippen LogP contribution in [0, 0.1) is 0 Å². The summed E-state index contributed by atoms with van der Waals surface area (Å²) in [6.45, 7) is 0.909. The number of anilines is 2. The van der Waals surface area contributed by atoms with Crippen molar-refractivity contribution >= 4 is 43.5 Å². The van der Waals surface area contributed by atoms with Gasteiger partial charge in [-0.1, -0.05) is 37.9 Å². The van der Waals surface area contributed by atoms with Crippen LogP contribution in [0.1, 0.15) is 17.9 Å². The first-order valence-electron chi connectivity index (χ1n) is 8.44. The van der Waals surface area contributed by atoms with Gasteiger partial charge in [0.2, 0.25) is 5.95 Å². The molecule has 134 valence electrons. The number of nitrogens with one attached hydrogen (secondary N) is 1. The zero-order valence-corrected chi connectivity index (χ0v) is 17.1. The first kappa shape index (κ1) is 17.7. The van der Waals surface area contributed by atoms with E-state index in [2.05, 4.69) is 82.4 Å². The number of fused-ring (bicyclic) bond motifs is 3. The quantitative estimate of drug-likeness (QED) is 0.676. The molecular formula is C19H18Br2N4O. The molecule has 0 saturated heterocycles. The largest absolute Gasteiger partial charge is 0.389 e. The maximum atomic E-state index is 10.6. The summed E-state index contributed by atoms with van der Waals surface area (Å²) in [7, 11) is 0. The highest BCUT2D eigenvalue weighted by atomic mass is 79.9. The van der Waals surface area contributed by atoms with Crippen LogP contribution in [0.2, 0.25) is 0 Å². The second-order valence-corrected chi connectivity index (χ2v) is 8.32. The normalized spacial score (nSPS) is 19.3. The number of nitrogens with zero attached hydrogens (tertiary/aromatic N) is 3. The number of rotatable bonds is 5. The van der Waals surface area contributed by atoms with Crippen molar-refractivity contribution in [2.24, 2.45) is 0 Å². The highest BCUT2D eigenvalue weighted by Gasteiger charge is 2.36. The lowest BCUT2D eigenvalue weighted by molar-refractivity contribution is 0.194. The Morgan fingerprint density at radius 1 is 1.23 bits per heavy atom. The molecule has 0 amide bonds. The van der Waals surface area contributed by atoms with Crippen molar-refractivity contribution < 1.29 is 5.11 Å². The molecule has 1 aromatic heterocycles. The lowest BCUT2D eigenvalue weighted by Gasteiger charge is -2.27. The molecule has 0 bridgehead atoms. The monoisotopic (exact) mass is 476 g/mol. The van der Waals surface area contributed by atoms with Gasteiger partial charge in [0.05, 0.1) is 12.6 Å². The maximum Gasteiger partial charge on any atom is 0.222 e. The number of aliphatic hydroxyl groups is 1. The van der Waals surface area contributed by atoms with Gasteiger partial charge in [0.25, 0.3) is 0 Å². The lowest BCUT2D eigenvalue weighted by atomic mass is 9.92. The van der Waals surface area contributed by atoms with Gasteiger partial charge in [0.1, 0.15) is 0 Å². The summed E-state index contributed by atoms with van der Waals surface area (Å²) in [6.07, 6.45) is 7.99. The van der Waals surface area contributed by atoms with Gasteiger partial charge in [-0.15, -0.1) is 0 Å². The van der Waals surface area contributed by atoms with Crippen LogP contribution in [0.25, 0.3) is 0 Å². The number of β-amino-alcohol motifs (C(OH)–C–C–N with tert-alkyl or cyclic N) is 1. The standard InChI is InChI=1S/C19H18Br2N4O/c20-12-2-4-17-15(8-12)16-9-13(21)3-5-18(16)25(17)11-14(26)10-24-19-22-6-1-7-23-19/h1-8,14,16,26H,9-11H2,(H,22,23,24). The van der Waals surface area contributed by atoms with Gasteiger partial charge in [0.15, 0.2) is 0 Å². The van der Waals surface area contributed by atoms with Crippen molar-refractivity contribution in [1.29, 1.82) is 0 Å². The van der Waals surface area contributed by atoms with Gasteiger partial charge >= 0.3 is 0 Å². The van der Waals surface area contributed by atoms with E-state index >= 15 is 0 Å². The number of hydrogen-bond acceptors (Lipinski definition) is 5. The van der Waals surface area contributed by atoms with E-state index in [0.29, 0.717) is 25.0 Å². The first-order valence-corrected chi connectivity index (χ1v) is 10.0. The van der Waals surface area contributed by atoms with Gasteiger partial charge in [-0.3, -0.25) is 0 Å². The molecule has 5 nitrogen and oxygen atoms in total. The molecule has 0 fully saturated rings. The summed E-state index contributed by atoms with van der Waals surface area (Å²) in [5.41, 5.74) is 3.69. The number of hydrogen-bond donors (Lipinski definition) is 2. The fraction of sp³-hybridized carbons (Fsp3) is 0.263. The van der Waals surface area contributed by atoms with Crippen molar-refractivity contribution in [2.75, 3.05) is 23.3 Å². The van der Waals surface area contributed by atoms with E-state index in [0.717, 1.165) is 16.6 Å². The van der Waals surface area contributed by atoms with E-state index in [-0.39, 0.29) is 0 Å². The molecule has 26 heavy (non-hydrogen) atoms. The van der Waals surface area contributed by atoms with Crippen molar-refractivity contribution in [3.05, 3.63) is 69.0 Å². The minimum Gasteiger partial charge on any atom is -0.389 e. The van der Waals surface area contributed by atoms with E-state index in [1.165, 1.54) is 15.7 Å². The van der Waals surface area contributed by atoms with Crippen LogP contribution in [0.15, 0.2) is 63.5 Å². The number of allylic oxidation sites excluding steroid dienone is 4. The van der Waals surface area contributed by atoms with E-state index in [9.17, 15) is 5.11 Å². The van der Waals surface area contributed by atoms with Crippen LogP contribution in [0.5, 0.6) is 0 Å². The third kappa shape index (κ3) is 3.56. The highest BCUT2D eigenvalue weighted by molar-refractivity contribution is 9.11. The molecule has 0 radical (unpaired) electrons. The molecule has 2 atom stereocenters. The molecule has 4 rings (SSSR count). The van der Waals surface area contributed by atoms with Gasteiger partial charge in [-0.25, -0.2) is 9.97 Å². The summed E-state index contributed by atoms with van der Waals surface area (Å²) in [6, 6.07) is 8.12. The Kier molecular flexibility index (Phi) is 5.11. The third-order valence-electron chi connectivity index (χ3n) is 4.61. The minimum absolute atomic E-state index is 0.319. The van der Waals surface area contributed by atoms with Crippen LogP contribution in [-0.2, 0) is 0 Å². The predicted octanol–water partition coefficient (Wildman–Crippen LogP) is 4.18. The van der Waals surface area contributed by atoms with Crippen molar-refractivity contribution in [3.8, 4) is 0 Å². The average Bonchev–Trinajstić information content (AvgIpc) is 2.93. The smallest absolute Gasteiger partial charge is 0.222 e. The molecule has 2 aliphatic rings. The molecular weight excluding hydrogens is 460 g/mol. The molecule has 1 aliphatic carbocycles. The number of aromatic nitrogens is 2. The SMILES string of the molecule is OC(CNc1ncccn1)CN1C2=CC=C(Br)CC2c2cc(Br)ccc21. The summed E-state index contributed by atoms with van der Waals surface area (Å²) >= 11 is 7.21. The molecule has 2 heterocycles. The molecule has 7 heteroatoms. The second-order valence-electron chi connectivity index (χ2n) is 6.38. The zero-order valence-electron chi connectivity index (χ0n) is 13.9. The van der Waals surface area contributed by atoms with Crippen molar-refractivity contribution in [1.82, 2.24) is 9.97 Å². The van der Waals surface area contributed by atoms with Crippen LogP contribution in [0.3, 0.4) is 0 Å². The van der Waals surface area contributed by atoms with Gasteiger partial charge < -0.3 is 15.3 Å².